The lowest BCUT2D eigenvalue weighted by Crippen LogP contribution is -2.43. The summed E-state index contributed by atoms with van der Waals surface area (Å²) in [5.41, 5.74) is 0.736. The number of amides is 1. The standard InChI is InChI=1S/C16H21N3O2/c1-18(2)10-16(21)7-9-19(11-16)15(20)13-5-3-4-12-6-8-17-14(12)13/h3-6,8,17,21H,7,9-11H2,1-2H3. The van der Waals surface area contributed by atoms with Crippen LogP contribution in [-0.2, 0) is 0 Å². The fraction of sp³-hybridized carbons (Fsp3) is 0.438. The molecule has 1 aliphatic rings. The van der Waals surface area contributed by atoms with Crippen LogP contribution in [0.5, 0.6) is 0 Å². The predicted molar refractivity (Wildman–Crippen MR) is 82.3 cm³/mol. The molecule has 3 rings (SSSR count). The first-order valence-corrected chi connectivity index (χ1v) is 7.21. The van der Waals surface area contributed by atoms with Gasteiger partial charge in [0.25, 0.3) is 5.91 Å². The van der Waals surface area contributed by atoms with Crippen LogP contribution in [0.15, 0.2) is 30.5 Å². The largest absolute Gasteiger partial charge is 0.387 e. The fourth-order valence-corrected chi connectivity index (χ4v) is 3.18. The molecule has 1 amide bonds. The molecule has 112 valence electrons. The van der Waals surface area contributed by atoms with E-state index in [-0.39, 0.29) is 5.91 Å². The molecule has 1 aromatic heterocycles. The van der Waals surface area contributed by atoms with Crippen molar-refractivity contribution < 1.29 is 9.90 Å². The summed E-state index contributed by atoms with van der Waals surface area (Å²) in [5.74, 6) is -0.0160. The summed E-state index contributed by atoms with van der Waals surface area (Å²) < 4.78 is 0. The third kappa shape index (κ3) is 2.66. The van der Waals surface area contributed by atoms with Crippen molar-refractivity contribution in [2.75, 3.05) is 33.7 Å². The molecule has 0 spiro atoms. The number of benzene rings is 1. The highest BCUT2D eigenvalue weighted by atomic mass is 16.3. The quantitative estimate of drug-likeness (QED) is 0.895. The monoisotopic (exact) mass is 287 g/mol. The Kier molecular flexibility index (Phi) is 3.47. The van der Waals surface area contributed by atoms with Crippen molar-refractivity contribution >= 4 is 16.8 Å². The summed E-state index contributed by atoms with van der Waals surface area (Å²) in [6.07, 6.45) is 2.46. The third-order valence-electron chi connectivity index (χ3n) is 4.05. The first-order chi connectivity index (χ1) is 9.98. The molecule has 5 nitrogen and oxygen atoms in total. The maximum absolute atomic E-state index is 12.7. The van der Waals surface area contributed by atoms with E-state index in [1.807, 2.05) is 49.5 Å². The topological polar surface area (TPSA) is 59.6 Å². The number of aromatic nitrogens is 1. The first kappa shape index (κ1) is 14.1. The van der Waals surface area contributed by atoms with Crippen molar-refractivity contribution in [1.29, 1.82) is 0 Å². The normalized spacial score (nSPS) is 22.4. The van der Waals surface area contributed by atoms with E-state index in [4.69, 9.17) is 0 Å². The molecule has 1 aliphatic heterocycles. The minimum absolute atomic E-state index is 0.0160. The molecule has 1 unspecified atom stereocenters. The lowest BCUT2D eigenvalue weighted by molar-refractivity contribution is 0.0236. The smallest absolute Gasteiger partial charge is 0.256 e. The molecule has 1 aromatic carbocycles. The van der Waals surface area contributed by atoms with Crippen molar-refractivity contribution in [3.8, 4) is 0 Å². The molecular formula is C16H21N3O2. The number of likely N-dealkylation sites (N-methyl/N-ethyl adjacent to an activating group) is 1. The first-order valence-electron chi connectivity index (χ1n) is 7.21. The van der Waals surface area contributed by atoms with Crippen molar-refractivity contribution in [2.24, 2.45) is 0 Å². The van der Waals surface area contributed by atoms with E-state index in [1.165, 1.54) is 0 Å². The van der Waals surface area contributed by atoms with Gasteiger partial charge in [0.2, 0.25) is 0 Å². The molecule has 0 aliphatic carbocycles. The van der Waals surface area contributed by atoms with Gasteiger partial charge in [-0.05, 0) is 32.6 Å². The average molecular weight is 287 g/mol. The van der Waals surface area contributed by atoms with Crippen LogP contribution in [0.2, 0.25) is 0 Å². The van der Waals surface area contributed by atoms with E-state index in [0.717, 1.165) is 10.9 Å². The summed E-state index contributed by atoms with van der Waals surface area (Å²) in [5, 5.41) is 11.6. The highest BCUT2D eigenvalue weighted by molar-refractivity contribution is 6.05. The van der Waals surface area contributed by atoms with Gasteiger partial charge in [-0.25, -0.2) is 0 Å². The number of nitrogens with zero attached hydrogens (tertiary/aromatic N) is 2. The van der Waals surface area contributed by atoms with Crippen molar-refractivity contribution in [3.05, 3.63) is 36.0 Å². The second kappa shape index (κ2) is 5.16. The SMILES string of the molecule is CN(C)CC1(O)CCN(C(=O)c2cccc3cc[nH]c23)C1. The Bertz CT molecular complexity index is 664. The van der Waals surface area contributed by atoms with E-state index in [2.05, 4.69) is 4.98 Å². The Morgan fingerprint density at radius 3 is 3.00 bits per heavy atom. The second-order valence-corrected chi connectivity index (χ2v) is 6.19. The highest BCUT2D eigenvalue weighted by Crippen LogP contribution is 2.25. The molecule has 1 atom stereocenters. The molecular weight excluding hydrogens is 266 g/mol. The number of carbonyl (C=O) groups excluding carboxylic acids is 1. The van der Waals surface area contributed by atoms with Gasteiger partial charge >= 0.3 is 0 Å². The van der Waals surface area contributed by atoms with Crippen LogP contribution in [0.25, 0.3) is 10.9 Å². The van der Waals surface area contributed by atoms with Crippen molar-refractivity contribution in [3.63, 3.8) is 0 Å². The highest BCUT2D eigenvalue weighted by Gasteiger charge is 2.39. The Morgan fingerprint density at radius 2 is 2.24 bits per heavy atom. The van der Waals surface area contributed by atoms with Gasteiger partial charge in [0.1, 0.15) is 0 Å². The zero-order valence-electron chi connectivity index (χ0n) is 12.5. The van der Waals surface area contributed by atoms with Crippen LogP contribution < -0.4 is 0 Å². The predicted octanol–water partition coefficient (Wildman–Crippen LogP) is 1.31. The van der Waals surface area contributed by atoms with Gasteiger partial charge < -0.3 is 19.9 Å². The molecule has 21 heavy (non-hydrogen) atoms. The summed E-state index contributed by atoms with van der Waals surface area (Å²) in [4.78, 5) is 19.5. The molecule has 1 saturated heterocycles. The number of aromatic amines is 1. The summed E-state index contributed by atoms with van der Waals surface area (Å²) in [7, 11) is 3.87. The summed E-state index contributed by atoms with van der Waals surface area (Å²) >= 11 is 0. The lowest BCUT2D eigenvalue weighted by Gasteiger charge is -2.26. The molecule has 5 heteroatoms. The number of fused-ring (bicyclic) bond motifs is 1. The molecule has 2 heterocycles. The molecule has 2 aromatic rings. The van der Waals surface area contributed by atoms with E-state index >= 15 is 0 Å². The van der Waals surface area contributed by atoms with Gasteiger partial charge in [0.05, 0.1) is 23.2 Å². The Morgan fingerprint density at radius 1 is 1.43 bits per heavy atom. The van der Waals surface area contributed by atoms with E-state index in [0.29, 0.717) is 31.6 Å². The molecule has 2 N–H and O–H groups in total. The van der Waals surface area contributed by atoms with Crippen molar-refractivity contribution in [1.82, 2.24) is 14.8 Å². The van der Waals surface area contributed by atoms with Gasteiger partial charge in [0, 0.05) is 24.7 Å². The molecule has 0 saturated carbocycles. The van der Waals surface area contributed by atoms with E-state index < -0.39 is 5.60 Å². The maximum Gasteiger partial charge on any atom is 0.256 e. The van der Waals surface area contributed by atoms with Crippen LogP contribution in [-0.4, -0.2) is 65.1 Å². The van der Waals surface area contributed by atoms with E-state index in [9.17, 15) is 9.90 Å². The van der Waals surface area contributed by atoms with Crippen LogP contribution >= 0.6 is 0 Å². The lowest BCUT2D eigenvalue weighted by atomic mass is 10.0. The zero-order valence-corrected chi connectivity index (χ0v) is 12.5. The van der Waals surface area contributed by atoms with Gasteiger partial charge in [-0.3, -0.25) is 4.79 Å². The van der Waals surface area contributed by atoms with Gasteiger partial charge in [-0.1, -0.05) is 12.1 Å². The molecule has 1 fully saturated rings. The number of hydrogen-bond acceptors (Lipinski definition) is 3. The number of β-amino-alcohol motifs (C(OH)–C–C–N with tert-alkyl or cyclic N) is 1. The number of H-pyrrole nitrogens is 1. The summed E-state index contributed by atoms with van der Waals surface area (Å²) in [6.45, 7) is 1.56. The number of hydrogen-bond donors (Lipinski definition) is 2. The van der Waals surface area contributed by atoms with Gasteiger partial charge in [-0.15, -0.1) is 0 Å². The minimum atomic E-state index is -0.803. The number of aliphatic hydroxyl groups is 1. The van der Waals surface area contributed by atoms with Crippen LogP contribution in [0, 0.1) is 0 Å². The summed E-state index contributed by atoms with van der Waals surface area (Å²) in [6, 6.07) is 7.67. The molecule has 0 bridgehead atoms. The zero-order chi connectivity index (χ0) is 15.0. The Labute approximate surface area is 124 Å². The Balaban J connectivity index is 1.82. The molecule has 0 radical (unpaired) electrons. The van der Waals surface area contributed by atoms with Crippen LogP contribution in [0.4, 0.5) is 0 Å². The van der Waals surface area contributed by atoms with Crippen molar-refractivity contribution in [2.45, 2.75) is 12.0 Å². The number of para-hydroxylation sites is 1. The number of rotatable bonds is 3. The second-order valence-electron chi connectivity index (χ2n) is 6.19. The number of likely N-dealkylation sites (tertiary alicyclic amines) is 1. The minimum Gasteiger partial charge on any atom is -0.387 e. The van der Waals surface area contributed by atoms with Crippen LogP contribution in [0.3, 0.4) is 0 Å². The Hall–Kier alpha value is -1.85. The average Bonchev–Trinajstić information content (AvgIpc) is 3.03. The fourth-order valence-electron chi connectivity index (χ4n) is 3.18. The maximum atomic E-state index is 12.7. The number of nitrogens with one attached hydrogen (secondary N) is 1. The number of carbonyl (C=O) groups is 1. The van der Waals surface area contributed by atoms with Crippen LogP contribution in [0.1, 0.15) is 16.8 Å². The van der Waals surface area contributed by atoms with Gasteiger partial charge in [0.15, 0.2) is 0 Å². The third-order valence-corrected chi connectivity index (χ3v) is 4.05. The van der Waals surface area contributed by atoms with Gasteiger partial charge in [-0.2, -0.15) is 0 Å². The van der Waals surface area contributed by atoms with E-state index in [1.54, 1.807) is 4.90 Å².